The third-order valence-corrected chi connectivity index (χ3v) is 3.43. The first-order valence-electron chi connectivity index (χ1n) is 6.55. The average Bonchev–Trinajstić information content (AvgIpc) is 2.31. The summed E-state index contributed by atoms with van der Waals surface area (Å²) in [6.45, 7) is 5.66. The van der Waals surface area contributed by atoms with E-state index in [1.807, 2.05) is 13.8 Å². The van der Waals surface area contributed by atoms with Gasteiger partial charge in [0.1, 0.15) is 11.6 Å². The second-order valence-electron chi connectivity index (χ2n) is 5.13. The first kappa shape index (κ1) is 14.4. The molecule has 0 saturated carbocycles. The fourth-order valence-corrected chi connectivity index (χ4v) is 2.72. The zero-order valence-electron chi connectivity index (χ0n) is 11.3. The van der Waals surface area contributed by atoms with Gasteiger partial charge in [-0.2, -0.15) is 0 Å². The minimum Gasteiger partial charge on any atom is -0.373 e. The largest absolute Gasteiger partial charge is 0.373 e. The molecular weight excluding hydrogens is 250 g/mol. The van der Waals surface area contributed by atoms with Crippen molar-refractivity contribution in [3.8, 4) is 0 Å². The van der Waals surface area contributed by atoms with Gasteiger partial charge in [0.15, 0.2) is 0 Å². The number of halogens is 2. The van der Waals surface area contributed by atoms with Crippen LogP contribution in [-0.4, -0.2) is 36.7 Å². The molecule has 106 valence electrons. The summed E-state index contributed by atoms with van der Waals surface area (Å²) in [5.74, 6) is -1.11. The molecule has 0 bridgehead atoms. The Labute approximate surface area is 112 Å². The second-order valence-corrected chi connectivity index (χ2v) is 5.13. The quantitative estimate of drug-likeness (QED) is 0.914. The predicted octanol–water partition coefficient (Wildman–Crippen LogP) is 2.07. The lowest BCUT2D eigenvalue weighted by atomic mass is 10.0. The van der Waals surface area contributed by atoms with Gasteiger partial charge in [-0.05, 0) is 19.9 Å². The molecule has 19 heavy (non-hydrogen) atoms. The molecule has 3 nitrogen and oxygen atoms in total. The molecule has 0 amide bonds. The molecule has 5 heteroatoms. The Morgan fingerprint density at radius 3 is 2.47 bits per heavy atom. The van der Waals surface area contributed by atoms with E-state index >= 15 is 0 Å². The Hall–Kier alpha value is -1.04. The van der Waals surface area contributed by atoms with E-state index in [1.54, 1.807) is 0 Å². The Kier molecular flexibility index (Phi) is 4.50. The Balaban J connectivity index is 2.23. The van der Waals surface area contributed by atoms with Gasteiger partial charge < -0.3 is 10.5 Å². The van der Waals surface area contributed by atoms with Crippen molar-refractivity contribution in [2.24, 2.45) is 5.73 Å². The zero-order chi connectivity index (χ0) is 14.0. The molecule has 0 radical (unpaired) electrons. The lowest BCUT2D eigenvalue weighted by molar-refractivity contribution is -0.0802. The molecule has 1 aliphatic heterocycles. The van der Waals surface area contributed by atoms with Crippen molar-refractivity contribution in [3.05, 3.63) is 35.4 Å². The molecule has 1 saturated heterocycles. The molecule has 1 fully saturated rings. The molecule has 0 spiro atoms. The van der Waals surface area contributed by atoms with Gasteiger partial charge >= 0.3 is 0 Å². The third-order valence-electron chi connectivity index (χ3n) is 3.43. The number of benzene rings is 1. The summed E-state index contributed by atoms with van der Waals surface area (Å²) >= 11 is 0. The Morgan fingerprint density at radius 2 is 1.95 bits per heavy atom. The van der Waals surface area contributed by atoms with Crippen LogP contribution in [0, 0.1) is 11.6 Å². The van der Waals surface area contributed by atoms with Gasteiger partial charge in [0, 0.05) is 31.3 Å². The smallest absolute Gasteiger partial charge is 0.130 e. The summed E-state index contributed by atoms with van der Waals surface area (Å²) in [7, 11) is 0. The van der Waals surface area contributed by atoms with E-state index in [2.05, 4.69) is 4.90 Å². The number of morpholine rings is 1. The van der Waals surface area contributed by atoms with Crippen LogP contribution in [0.1, 0.15) is 25.5 Å². The zero-order valence-corrected chi connectivity index (χ0v) is 11.3. The number of nitrogens with two attached hydrogens (primary N) is 1. The molecule has 1 heterocycles. The maximum absolute atomic E-state index is 13.9. The standard InChI is InChI=1S/C14H20F2N2O/c1-9-7-18(8-10(2)19-9)14(6-17)12-4-3-11(15)5-13(12)16/h3-5,9-10,14H,6-8,17H2,1-2H3/t9-,10+,14-/m0/s1. The van der Waals surface area contributed by atoms with E-state index in [4.69, 9.17) is 10.5 Å². The van der Waals surface area contributed by atoms with Gasteiger partial charge in [-0.25, -0.2) is 8.78 Å². The lowest BCUT2D eigenvalue weighted by Gasteiger charge is -2.40. The van der Waals surface area contributed by atoms with Crippen molar-refractivity contribution in [1.29, 1.82) is 0 Å². The summed E-state index contributed by atoms with van der Waals surface area (Å²) in [5.41, 5.74) is 6.24. The van der Waals surface area contributed by atoms with Crippen LogP contribution in [0.3, 0.4) is 0 Å². The first-order chi connectivity index (χ1) is 9.01. The van der Waals surface area contributed by atoms with Crippen LogP contribution >= 0.6 is 0 Å². The van der Waals surface area contributed by atoms with Crippen LogP contribution in [0.2, 0.25) is 0 Å². The maximum atomic E-state index is 13.9. The minimum absolute atomic E-state index is 0.0845. The molecule has 2 N–H and O–H groups in total. The SMILES string of the molecule is C[C@@H]1CN([C@@H](CN)c2ccc(F)cc2F)C[C@H](C)O1. The van der Waals surface area contributed by atoms with E-state index in [-0.39, 0.29) is 18.2 Å². The van der Waals surface area contributed by atoms with Gasteiger partial charge in [0.25, 0.3) is 0 Å². The highest BCUT2D eigenvalue weighted by atomic mass is 19.1. The van der Waals surface area contributed by atoms with Crippen LogP contribution in [0.5, 0.6) is 0 Å². The maximum Gasteiger partial charge on any atom is 0.130 e. The monoisotopic (exact) mass is 270 g/mol. The molecule has 0 aliphatic carbocycles. The number of rotatable bonds is 3. The number of nitrogens with zero attached hydrogens (tertiary/aromatic N) is 1. The highest BCUT2D eigenvalue weighted by Gasteiger charge is 2.29. The summed E-state index contributed by atoms with van der Waals surface area (Å²) in [6.07, 6.45) is 0.169. The van der Waals surface area contributed by atoms with Crippen molar-refractivity contribution in [1.82, 2.24) is 4.90 Å². The Morgan fingerprint density at radius 1 is 1.32 bits per heavy atom. The summed E-state index contributed by atoms with van der Waals surface area (Å²) in [5, 5.41) is 0. The van der Waals surface area contributed by atoms with Crippen LogP contribution in [0.25, 0.3) is 0 Å². The Bertz CT molecular complexity index is 431. The van der Waals surface area contributed by atoms with Gasteiger partial charge in [0.05, 0.1) is 18.2 Å². The van der Waals surface area contributed by atoms with Crippen LogP contribution in [0.4, 0.5) is 8.78 Å². The van der Waals surface area contributed by atoms with Crippen LogP contribution in [0.15, 0.2) is 18.2 Å². The lowest BCUT2D eigenvalue weighted by Crippen LogP contribution is -2.48. The van der Waals surface area contributed by atoms with E-state index in [0.717, 1.165) is 6.07 Å². The van der Waals surface area contributed by atoms with E-state index in [0.29, 0.717) is 25.2 Å². The fourth-order valence-electron chi connectivity index (χ4n) is 2.72. The van der Waals surface area contributed by atoms with E-state index < -0.39 is 11.6 Å². The summed E-state index contributed by atoms with van der Waals surface area (Å²) < 4.78 is 32.5. The highest BCUT2D eigenvalue weighted by Crippen LogP contribution is 2.26. The number of ether oxygens (including phenoxy) is 1. The molecule has 2 rings (SSSR count). The summed E-state index contributed by atoms with van der Waals surface area (Å²) in [6, 6.07) is 3.42. The molecule has 1 aliphatic rings. The molecule has 1 aromatic rings. The van der Waals surface area contributed by atoms with Crippen molar-refractivity contribution in [3.63, 3.8) is 0 Å². The molecule has 1 aromatic carbocycles. The first-order valence-corrected chi connectivity index (χ1v) is 6.55. The van der Waals surface area contributed by atoms with Gasteiger partial charge in [0.2, 0.25) is 0 Å². The number of hydrogen-bond donors (Lipinski definition) is 1. The van der Waals surface area contributed by atoms with Crippen LogP contribution in [-0.2, 0) is 4.74 Å². The van der Waals surface area contributed by atoms with Crippen molar-refractivity contribution in [2.75, 3.05) is 19.6 Å². The third kappa shape index (κ3) is 3.29. The average molecular weight is 270 g/mol. The van der Waals surface area contributed by atoms with Crippen molar-refractivity contribution in [2.45, 2.75) is 32.1 Å². The molecule has 0 unspecified atom stereocenters. The van der Waals surface area contributed by atoms with Gasteiger partial charge in [-0.1, -0.05) is 6.07 Å². The van der Waals surface area contributed by atoms with Crippen molar-refractivity contribution >= 4 is 0 Å². The highest BCUT2D eigenvalue weighted by molar-refractivity contribution is 5.23. The molecule has 0 aromatic heterocycles. The predicted molar refractivity (Wildman–Crippen MR) is 69.7 cm³/mol. The van der Waals surface area contributed by atoms with E-state index in [9.17, 15) is 8.78 Å². The van der Waals surface area contributed by atoms with E-state index in [1.165, 1.54) is 12.1 Å². The van der Waals surface area contributed by atoms with Gasteiger partial charge in [-0.3, -0.25) is 4.90 Å². The topological polar surface area (TPSA) is 38.5 Å². The van der Waals surface area contributed by atoms with Crippen LogP contribution < -0.4 is 5.73 Å². The molecule has 3 atom stereocenters. The second kappa shape index (κ2) is 5.94. The normalized spacial score (nSPS) is 26.4. The summed E-state index contributed by atoms with van der Waals surface area (Å²) in [4.78, 5) is 2.11. The minimum atomic E-state index is -0.569. The van der Waals surface area contributed by atoms with Crippen molar-refractivity contribution < 1.29 is 13.5 Å². The fraction of sp³-hybridized carbons (Fsp3) is 0.571. The van der Waals surface area contributed by atoms with Gasteiger partial charge in [-0.15, -0.1) is 0 Å². The molecular formula is C14H20F2N2O. The number of hydrogen-bond acceptors (Lipinski definition) is 3.